The van der Waals surface area contributed by atoms with Gasteiger partial charge in [0.05, 0.1) is 6.61 Å². The van der Waals surface area contributed by atoms with Crippen molar-refractivity contribution in [2.45, 2.75) is 6.36 Å². The highest BCUT2D eigenvalue weighted by molar-refractivity contribution is 5.85. The molecule has 110 valence electrons. The van der Waals surface area contributed by atoms with Gasteiger partial charge in [-0.3, -0.25) is 4.74 Å². The summed E-state index contributed by atoms with van der Waals surface area (Å²) in [6, 6.07) is 3.22. The van der Waals surface area contributed by atoms with Gasteiger partial charge in [-0.05, 0) is 24.3 Å². The molecule has 0 amide bonds. The van der Waals surface area contributed by atoms with Gasteiger partial charge in [0.25, 0.3) is 0 Å². The average molecular weight is 294 g/mol. The van der Waals surface area contributed by atoms with Crippen molar-refractivity contribution in [3.63, 3.8) is 0 Å². The quantitative estimate of drug-likeness (QED) is 0.498. The molecule has 0 heterocycles. The Balaban J connectivity index is 2.67. The van der Waals surface area contributed by atoms with Gasteiger partial charge in [-0.2, -0.15) is 0 Å². The van der Waals surface area contributed by atoms with Gasteiger partial charge in [0.1, 0.15) is 18.2 Å². The van der Waals surface area contributed by atoms with Gasteiger partial charge < -0.3 is 9.84 Å². The number of carboxylic acid groups (broad SMARTS) is 1. The van der Waals surface area contributed by atoms with E-state index in [9.17, 15) is 22.4 Å². The fourth-order valence-corrected chi connectivity index (χ4v) is 1.25. The molecule has 0 aromatic heterocycles. The number of rotatable bonds is 6. The van der Waals surface area contributed by atoms with Crippen LogP contribution in [0.3, 0.4) is 0 Å². The average Bonchev–Trinajstić information content (AvgIpc) is 2.32. The highest BCUT2D eigenvalue weighted by atomic mass is 19.4. The fourth-order valence-electron chi connectivity index (χ4n) is 1.25. The Morgan fingerprint density at radius 3 is 2.60 bits per heavy atom. The highest BCUT2D eigenvalue weighted by Gasteiger charge is 2.28. The summed E-state index contributed by atoms with van der Waals surface area (Å²) in [5, 5.41) is 8.47. The molecule has 0 saturated heterocycles. The molecule has 0 spiro atoms. The zero-order chi connectivity index (χ0) is 15.2. The summed E-state index contributed by atoms with van der Waals surface area (Å²) in [6.07, 6.45) is -2.92. The van der Waals surface area contributed by atoms with Gasteiger partial charge in [-0.15, -0.1) is 13.2 Å². The first-order valence-corrected chi connectivity index (χ1v) is 5.32. The predicted octanol–water partition coefficient (Wildman–Crippen LogP) is 2.84. The Morgan fingerprint density at radius 1 is 1.30 bits per heavy atom. The molecular formula is C12H10F4O4. The lowest BCUT2D eigenvalue weighted by Gasteiger charge is -2.11. The molecule has 0 unspecified atom stereocenters. The van der Waals surface area contributed by atoms with Crippen molar-refractivity contribution in [1.29, 1.82) is 0 Å². The molecule has 0 aliphatic rings. The largest absolute Gasteiger partial charge is 0.522 e. The Bertz CT molecular complexity index is 497. The van der Waals surface area contributed by atoms with E-state index in [2.05, 4.69) is 4.74 Å². The Kier molecular flexibility index (Phi) is 5.51. The van der Waals surface area contributed by atoms with Crippen molar-refractivity contribution in [2.24, 2.45) is 0 Å². The molecule has 8 heteroatoms. The van der Waals surface area contributed by atoms with Gasteiger partial charge in [-0.1, -0.05) is 0 Å². The standard InChI is InChI=1S/C12H10F4O4/c13-9-2-3-10(8(7-9)1-4-11(17)18)19-5-6-20-12(14,15)16/h1-4,7H,5-6H2,(H,17,18)/b4-1+. The van der Waals surface area contributed by atoms with Crippen LogP contribution in [0.15, 0.2) is 24.3 Å². The van der Waals surface area contributed by atoms with Crippen LogP contribution in [0.4, 0.5) is 17.6 Å². The van der Waals surface area contributed by atoms with Crippen molar-refractivity contribution < 1.29 is 36.9 Å². The summed E-state index contributed by atoms with van der Waals surface area (Å²) in [5.41, 5.74) is 0.0967. The monoisotopic (exact) mass is 294 g/mol. The number of alkyl halides is 3. The number of ether oxygens (including phenoxy) is 2. The van der Waals surface area contributed by atoms with Gasteiger partial charge >= 0.3 is 12.3 Å². The normalized spacial score (nSPS) is 11.8. The van der Waals surface area contributed by atoms with Crippen molar-refractivity contribution in [3.8, 4) is 5.75 Å². The minimum Gasteiger partial charge on any atom is -0.491 e. The lowest BCUT2D eigenvalue weighted by molar-refractivity contribution is -0.325. The van der Waals surface area contributed by atoms with E-state index in [4.69, 9.17) is 9.84 Å². The van der Waals surface area contributed by atoms with Crippen LogP contribution in [-0.4, -0.2) is 30.7 Å². The zero-order valence-electron chi connectivity index (χ0n) is 9.98. The minimum atomic E-state index is -4.75. The topological polar surface area (TPSA) is 55.8 Å². The summed E-state index contributed by atoms with van der Waals surface area (Å²) in [5.74, 6) is -1.83. The van der Waals surface area contributed by atoms with E-state index in [1.165, 1.54) is 6.07 Å². The van der Waals surface area contributed by atoms with Crippen LogP contribution < -0.4 is 4.74 Å². The van der Waals surface area contributed by atoms with Crippen molar-refractivity contribution in [3.05, 3.63) is 35.7 Å². The summed E-state index contributed by atoms with van der Waals surface area (Å²) >= 11 is 0. The van der Waals surface area contributed by atoms with Crippen LogP contribution in [-0.2, 0) is 9.53 Å². The van der Waals surface area contributed by atoms with Crippen LogP contribution in [0.1, 0.15) is 5.56 Å². The molecule has 4 nitrogen and oxygen atoms in total. The van der Waals surface area contributed by atoms with Crippen LogP contribution in [0.5, 0.6) is 5.75 Å². The van der Waals surface area contributed by atoms with E-state index in [-0.39, 0.29) is 11.3 Å². The molecule has 0 radical (unpaired) electrons. The number of halogens is 4. The number of benzene rings is 1. The Hall–Kier alpha value is -2.09. The van der Waals surface area contributed by atoms with E-state index in [1.807, 2.05) is 0 Å². The molecule has 20 heavy (non-hydrogen) atoms. The maximum absolute atomic E-state index is 13.0. The number of aliphatic carboxylic acids is 1. The first kappa shape index (κ1) is 16.0. The predicted molar refractivity (Wildman–Crippen MR) is 60.6 cm³/mol. The molecule has 0 aliphatic heterocycles. The molecule has 0 fully saturated rings. The van der Waals surface area contributed by atoms with Crippen LogP contribution in [0.25, 0.3) is 6.08 Å². The summed E-state index contributed by atoms with van der Waals surface area (Å²) in [4.78, 5) is 10.4. The van der Waals surface area contributed by atoms with Crippen molar-refractivity contribution in [1.82, 2.24) is 0 Å². The van der Waals surface area contributed by atoms with E-state index < -0.39 is 31.4 Å². The molecule has 0 bridgehead atoms. The maximum atomic E-state index is 13.0. The van der Waals surface area contributed by atoms with E-state index in [0.717, 1.165) is 24.3 Å². The lowest BCUT2D eigenvalue weighted by Crippen LogP contribution is -2.18. The first-order valence-electron chi connectivity index (χ1n) is 5.32. The third-order valence-corrected chi connectivity index (χ3v) is 1.98. The third-order valence-electron chi connectivity index (χ3n) is 1.98. The summed E-state index contributed by atoms with van der Waals surface area (Å²) in [7, 11) is 0. The molecule has 1 aromatic carbocycles. The smallest absolute Gasteiger partial charge is 0.491 e. The van der Waals surface area contributed by atoms with Gasteiger partial charge in [-0.25, -0.2) is 9.18 Å². The van der Waals surface area contributed by atoms with Crippen LogP contribution >= 0.6 is 0 Å². The van der Waals surface area contributed by atoms with Gasteiger partial charge in [0, 0.05) is 11.6 Å². The molecular weight excluding hydrogens is 284 g/mol. The fraction of sp³-hybridized carbons (Fsp3) is 0.250. The Labute approximate surface area is 111 Å². The molecule has 0 aliphatic carbocycles. The SMILES string of the molecule is O=C(O)/C=C/c1cc(F)ccc1OCCOC(F)(F)F. The van der Waals surface area contributed by atoms with Crippen LogP contribution in [0.2, 0.25) is 0 Å². The lowest BCUT2D eigenvalue weighted by atomic mass is 10.2. The van der Waals surface area contributed by atoms with E-state index in [1.54, 1.807) is 0 Å². The highest BCUT2D eigenvalue weighted by Crippen LogP contribution is 2.22. The van der Waals surface area contributed by atoms with Gasteiger partial charge in [0.2, 0.25) is 0 Å². The van der Waals surface area contributed by atoms with Gasteiger partial charge in [0.15, 0.2) is 0 Å². The zero-order valence-corrected chi connectivity index (χ0v) is 9.98. The number of hydrogen-bond donors (Lipinski definition) is 1. The number of carbonyl (C=O) groups is 1. The Morgan fingerprint density at radius 2 is 2.00 bits per heavy atom. The minimum absolute atomic E-state index is 0.0506. The first-order chi connectivity index (χ1) is 9.28. The second-order valence-corrected chi connectivity index (χ2v) is 3.50. The van der Waals surface area contributed by atoms with E-state index in [0.29, 0.717) is 0 Å². The summed E-state index contributed by atoms with van der Waals surface area (Å²) in [6.45, 7) is -1.15. The molecule has 1 N–H and O–H groups in total. The molecule has 1 rings (SSSR count). The van der Waals surface area contributed by atoms with E-state index >= 15 is 0 Å². The maximum Gasteiger partial charge on any atom is 0.522 e. The summed E-state index contributed by atoms with van der Waals surface area (Å²) < 4.78 is 56.6. The molecule has 0 saturated carbocycles. The third kappa shape index (κ3) is 6.19. The number of carboxylic acids is 1. The number of hydrogen-bond acceptors (Lipinski definition) is 3. The van der Waals surface area contributed by atoms with Crippen LogP contribution in [0, 0.1) is 5.82 Å². The van der Waals surface area contributed by atoms with Crippen molar-refractivity contribution in [2.75, 3.05) is 13.2 Å². The second kappa shape index (κ2) is 6.90. The second-order valence-electron chi connectivity index (χ2n) is 3.50. The molecule has 1 aromatic rings. The molecule has 0 atom stereocenters. The van der Waals surface area contributed by atoms with Crippen molar-refractivity contribution >= 4 is 12.0 Å².